The Morgan fingerprint density at radius 3 is 2.50 bits per heavy atom. The van der Waals surface area contributed by atoms with E-state index in [1.165, 1.54) is 35.0 Å². The molecule has 0 aliphatic rings. The number of aryl methyl sites for hydroxylation is 1. The number of benzene rings is 2. The van der Waals surface area contributed by atoms with Gasteiger partial charge >= 0.3 is 0 Å². The Kier molecular flexibility index (Phi) is 6.16. The third-order valence-electron chi connectivity index (χ3n) is 4.04. The molecule has 0 unspecified atom stereocenters. The van der Waals surface area contributed by atoms with E-state index in [1.54, 1.807) is 6.07 Å². The first-order chi connectivity index (χ1) is 13.5. The molecule has 7 heteroatoms. The molecule has 2 aromatic carbocycles. The molecule has 1 heterocycles. The van der Waals surface area contributed by atoms with Crippen molar-refractivity contribution in [3.63, 3.8) is 0 Å². The second-order valence-corrected chi connectivity index (χ2v) is 6.24. The highest BCUT2D eigenvalue weighted by molar-refractivity contribution is 5.77. The average molecular weight is 381 g/mol. The topological polar surface area (TPSA) is 73.2 Å². The molecule has 0 aliphatic carbocycles. The monoisotopic (exact) mass is 381 g/mol. The van der Waals surface area contributed by atoms with Crippen LogP contribution in [0.15, 0.2) is 65.5 Å². The van der Waals surface area contributed by atoms with Gasteiger partial charge in [0.15, 0.2) is 6.61 Å². The molecule has 28 heavy (non-hydrogen) atoms. The molecule has 0 saturated heterocycles. The van der Waals surface area contributed by atoms with Crippen molar-refractivity contribution in [2.75, 3.05) is 13.2 Å². The molecule has 0 fully saturated rings. The Morgan fingerprint density at radius 2 is 1.79 bits per heavy atom. The van der Waals surface area contributed by atoms with Gasteiger partial charge in [0.1, 0.15) is 11.6 Å². The second-order valence-electron chi connectivity index (χ2n) is 6.24. The van der Waals surface area contributed by atoms with Crippen molar-refractivity contribution >= 4 is 5.91 Å². The summed E-state index contributed by atoms with van der Waals surface area (Å²) < 4.78 is 19.4. The molecule has 0 atom stereocenters. The first kappa shape index (κ1) is 19.3. The van der Waals surface area contributed by atoms with Gasteiger partial charge in [-0.05, 0) is 37.3 Å². The Bertz CT molecular complexity index is 999. The standard InChI is InChI=1S/C21H20FN3O3/c1-15-2-4-16(5-3-15)19-10-11-21(27)25(24-19)13-12-23-20(26)14-28-18-8-6-17(22)7-9-18/h2-11H,12-14H2,1H3,(H,23,26). The minimum Gasteiger partial charge on any atom is -0.484 e. The lowest BCUT2D eigenvalue weighted by molar-refractivity contribution is -0.123. The highest BCUT2D eigenvalue weighted by Gasteiger charge is 2.06. The zero-order valence-electron chi connectivity index (χ0n) is 15.4. The first-order valence-electron chi connectivity index (χ1n) is 8.81. The van der Waals surface area contributed by atoms with Crippen molar-refractivity contribution in [1.82, 2.24) is 15.1 Å². The van der Waals surface area contributed by atoms with Gasteiger partial charge in [0.25, 0.3) is 11.5 Å². The van der Waals surface area contributed by atoms with E-state index in [-0.39, 0.29) is 37.0 Å². The molecular formula is C21H20FN3O3. The minimum atomic E-state index is -0.373. The van der Waals surface area contributed by atoms with Crippen LogP contribution in [0.3, 0.4) is 0 Å². The van der Waals surface area contributed by atoms with Crippen molar-refractivity contribution in [3.05, 3.63) is 82.4 Å². The highest BCUT2D eigenvalue weighted by atomic mass is 19.1. The fourth-order valence-electron chi connectivity index (χ4n) is 2.52. The number of ether oxygens (including phenoxy) is 1. The molecule has 3 aromatic rings. The van der Waals surface area contributed by atoms with Crippen LogP contribution in [0.2, 0.25) is 0 Å². The van der Waals surface area contributed by atoms with Gasteiger partial charge in [-0.1, -0.05) is 29.8 Å². The van der Waals surface area contributed by atoms with Crippen molar-refractivity contribution < 1.29 is 13.9 Å². The fraction of sp³-hybridized carbons (Fsp3) is 0.190. The van der Waals surface area contributed by atoms with Crippen molar-refractivity contribution in [2.24, 2.45) is 0 Å². The maximum absolute atomic E-state index is 12.8. The number of amides is 1. The van der Waals surface area contributed by atoms with Crippen LogP contribution < -0.4 is 15.6 Å². The number of hydrogen-bond donors (Lipinski definition) is 1. The molecule has 0 saturated carbocycles. The third kappa shape index (κ3) is 5.26. The van der Waals surface area contributed by atoms with Gasteiger partial charge in [0.05, 0.1) is 12.2 Å². The van der Waals surface area contributed by atoms with Gasteiger partial charge in [0.2, 0.25) is 0 Å². The zero-order valence-corrected chi connectivity index (χ0v) is 15.4. The third-order valence-corrected chi connectivity index (χ3v) is 4.04. The Hall–Kier alpha value is -3.48. The Balaban J connectivity index is 1.53. The lowest BCUT2D eigenvalue weighted by atomic mass is 10.1. The number of aromatic nitrogens is 2. The molecule has 1 aromatic heterocycles. The number of hydrogen-bond acceptors (Lipinski definition) is 4. The SMILES string of the molecule is Cc1ccc(-c2ccc(=O)n(CCNC(=O)COc3ccc(F)cc3)n2)cc1. The van der Waals surface area contributed by atoms with E-state index in [4.69, 9.17) is 4.74 Å². The van der Waals surface area contributed by atoms with Gasteiger partial charge in [-0.2, -0.15) is 5.10 Å². The molecule has 0 spiro atoms. The molecule has 3 rings (SSSR count). The molecule has 6 nitrogen and oxygen atoms in total. The quantitative estimate of drug-likeness (QED) is 0.683. The van der Waals surface area contributed by atoms with E-state index in [1.807, 2.05) is 31.2 Å². The summed E-state index contributed by atoms with van der Waals surface area (Å²) in [6.45, 7) is 2.27. The number of carbonyl (C=O) groups excluding carboxylic acids is 1. The van der Waals surface area contributed by atoms with Crippen LogP contribution in [-0.2, 0) is 11.3 Å². The van der Waals surface area contributed by atoms with Crippen molar-refractivity contribution in [2.45, 2.75) is 13.5 Å². The second kappa shape index (κ2) is 8.94. The maximum atomic E-state index is 12.8. The zero-order chi connectivity index (χ0) is 19.9. The number of nitrogens with zero attached hydrogens (tertiary/aromatic N) is 2. The van der Waals surface area contributed by atoms with Crippen LogP contribution in [0.25, 0.3) is 11.3 Å². The van der Waals surface area contributed by atoms with Gasteiger partial charge in [-0.15, -0.1) is 0 Å². The van der Waals surface area contributed by atoms with Gasteiger partial charge < -0.3 is 10.1 Å². The number of carbonyl (C=O) groups is 1. The van der Waals surface area contributed by atoms with Crippen LogP contribution in [0, 0.1) is 12.7 Å². The Morgan fingerprint density at radius 1 is 1.07 bits per heavy atom. The van der Waals surface area contributed by atoms with Crippen LogP contribution in [-0.4, -0.2) is 28.8 Å². The average Bonchev–Trinajstić information content (AvgIpc) is 2.70. The highest BCUT2D eigenvalue weighted by Crippen LogP contribution is 2.15. The molecule has 1 amide bonds. The summed E-state index contributed by atoms with van der Waals surface area (Å²) in [5.41, 5.74) is 2.50. The maximum Gasteiger partial charge on any atom is 0.266 e. The van der Waals surface area contributed by atoms with Crippen molar-refractivity contribution in [3.8, 4) is 17.0 Å². The van der Waals surface area contributed by atoms with Crippen LogP contribution >= 0.6 is 0 Å². The van der Waals surface area contributed by atoms with Gasteiger partial charge in [-0.3, -0.25) is 9.59 Å². The number of halogens is 1. The van der Waals surface area contributed by atoms with Crippen molar-refractivity contribution in [1.29, 1.82) is 0 Å². The van der Waals surface area contributed by atoms with Gasteiger partial charge in [-0.25, -0.2) is 9.07 Å². The van der Waals surface area contributed by atoms with Crippen LogP contribution in [0.4, 0.5) is 4.39 Å². The van der Waals surface area contributed by atoms with Crippen LogP contribution in [0.5, 0.6) is 5.75 Å². The summed E-state index contributed by atoms with van der Waals surface area (Å²) in [6, 6.07) is 16.4. The van der Waals surface area contributed by atoms with E-state index in [0.717, 1.165) is 11.1 Å². The largest absolute Gasteiger partial charge is 0.484 e. The number of nitrogens with one attached hydrogen (secondary N) is 1. The van der Waals surface area contributed by atoms with E-state index < -0.39 is 0 Å². The Labute approximate surface area is 161 Å². The normalized spacial score (nSPS) is 10.5. The molecular weight excluding hydrogens is 361 g/mol. The fourth-order valence-corrected chi connectivity index (χ4v) is 2.52. The smallest absolute Gasteiger partial charge is 0.266 e. The molecule has 0 radical (unpaired) electrons. The van der Waals surface area contributed by atoms with Gasteiger partial charge in [0, 0.05) is 18.2 Å². The summed E-state index contributed by atoms with van der Waals surface area (Å²) in [4.78, 5) is 23.9. The first-order valence-corrected chi connectivity index (χ1v) is 8.81. The summed E-state index contributed by atoms with van der Waals surface area (Å²) >= 11 is 0. The molecule has 0 aliphatic heterocycles. The summed E-state index contributed by atoms with van der Waals surface area (Å²) in [7, 11) is 0. The molecule has 144 valence electrons. The molecule has 0 bridgehead atoms. The summed E-state index contributed by atoms with van der Waals surface area (Å²) in [5, 5.41) is 7.03. The van der Waals surface area contributed by atoms with E-state index in [0.29, 0.717) is 11.4 Å². The van der Waals surface area contributed by atoms with E-state index in [9.17, 15) is 14.0 Å². The predicted molar refractivity (Wildman–Crippen MR) is 104 cm³/mol. The lowest BCUT2D eigenvalue weighted by Gasteiger charge is -2.09. The number of rotatable bonds is 7. The predicted octanol–water partition coefficient (Wildman–Crippen LogP) is 2.55. The summed E-state index contributed by atoms with van der Waals surface area (Å²) in [5.74, 6) is -0.310. The minimum absolute atomic E-state index is 0.197. The summed E-state index contributed by atoms with van der Waals surface area (Å²) in [6.07, 6.45) is 0. The molecule has 1 N–H and O–H groups in total. The van der Waals surface area contributed by atoms with E-state index >= 15 is 0 Å². The van der Waals surface area contributed by atoms with E-state index in [2.05, 4.69) is 10.4 Å². The lowest BCUT2D eigenvalue weighted by Crippen LogP contribution is -2.34. The van der Waals surface area contributed by atoms with Crippen LogP contribution in [0.1, 0.15) is 5.56 Å².